The molecule has 15 heteroatoms. The van der Waals surface area contributed by atoms with Crippen molar-refractivity contribution in [1.29, 1.82) is 0 Å². The van der Waals surface area contributed by atoms with E-state index >= 15 is 0 Å². The highest BCUT2D eigenvalue weighted by molar-refractivity contribution is 7.01. The van der Waals surface area contributed by atoms with Crippen molar-refractivity contribution in [3.8, 4) is 0 Å². The third-order valence-corrected chi connectivity index (χ3v) is 43.5. The third kappa shape index (κ3) is 8.49. The lowest BCUT2D eigenvalue weighted by Crippen LogP contribution is -2.69. The predicted octanol–water partition coefficient (Wildman–Crippen LogP) is 6.42. The minimum atomic E-state index is -2.44. The SMILES string of the molecule is CC([Si](C)(C)O[Si](C)(C)CC[Si]1(C)O[Si](C)(C)O[Si](C)(C)O1)[Si]1(C)O[Si](C)(C)O[Si](C)(C)O1. The zero-order valence-electron chi connectivity index (χ0n) is 23.8. The van der Waals surface area contributed by atoms with E-state index in [0.717, 1.165) is 12.1 Å². The molecule has 0 aromatic heterocycles. The van der Waals surface area contributed by atoms with Gasteiger partial charge in [0, 0.05) is 5.16 Å². The lowest BCUT2D eigenvalue weighted by atomic mass is 10.9. The summed E-state index contributed by atoms with van der Waals surface area (Å²) in [6.07, 6.45) is 0. The van der Waals surface area contributed by atoms with E-state index < -0.39 is 68.0 Å². The van der Waals surface area contributed by atoms with Crippen LogP contribution < -0.4 is 0 Å². The second kappa shape index (κ2) is 9.33. The van der Waals surface area contributed by atoms with E-state index in [4.69, 9.17) is 28.8 Å². The molecule has 0 radical (unpaired) electrons. The van der Waals surface area contributed by atoms with Crippen LogP contribution in [0.4, 0.5) is 0 Å². The van der Waals surface area contributed by atoms with Crippen molar-refractivity contribution in [2.24, 2.45) is 0 Å². The first-order valence-corrected chi connectivity index (χ1v) is 34.5. The van der Waals surface area contributed by atoms with Gasteiger partial charge in [0.05, 0.1) is 0 Å². The first-order valence-electron chi connectivity index (χ1n) is 12.2. The molecule has 2 saturated heterocycles. The maximum Gasteiger partial charge on any atom is 0.319 e. The standard InChI is InChI=1S/C18H50O7Si8/c1-18(33(15)24-30(10,11)21-31(12,13)25-33)27(4,5)19-26(2,3)16-17-32(14)22-28(6,7)20-29(8,9)23-32/h18H,16-17H2,1-15H3. The summed E-state index contributed by atoms with van der Waals surface area (Å²) in [4.78, 5) is 0. The highest BCUT2D eigenvalue weighted by atomic mass is 28.5. The van der Waals surface area contributed by atoms with Gasteiger partial charge in [-0.15, -0.1) is 0 Å². The average molecular weight is 603 g/mol. The molecule has 7 nitrogen and oxygen atoms in total. The van der Waals surface area contributed by atoms with Gasteiger partial charge in [-0.25, -0.2) is 0 Å². The Bertz CT molecular complexity index is 697. The van der Waals surface area contributed by atoms with Crippen molar-refractivity contribution >= 4 is 68.0 Å². The molecule has 33 heavy (non-hydrogen) atoms. The van der Waals surface area contributed by atoms with Crippen LogP contribution in [0.15, 0.2) is 0 Å². The fourth-order valence-electron chi connectivity index (χ4n) is 5.61. The normalized spacial score (nSPS) is 28.8. The molecule has 2 aliphatic rings. The van der Waals surface area contributed by atoms with Crippen LogP contribution in [-0.4, -0.2) is 68.0 Å². The zero-order valence-corrected chi connectivity index (χ0v) is 31.8. The van der Waals surface area contributed by atoms with Crippen molar-refractivity contribution in [3.63, 3.8) is 0 Å². The monoisotopic (exact) mass is 602 g/mol. The second-order valence-electron chi connectivity index (χ2n) is 13.0. The molecule has 0 spiro atoms. The van der Waals surface area contributed by atoms with Gasteiger partial charge >= 0.3 is 51.4 Å². The molecule has 1 unspecified atom stereocenters. The summed E-state index contributed by atoms with van der Waals surface area (Å²) in [7, 11) is -17.4. The number of rotatable bonds is 7. The molecule has 0 bridgehead atoms. The Hall–Kier alpha value is 1.46. The van der Waals surface area contributed by atoms with Crippen molar-refractivity contribution in [3.05, 3.63) is 0 Å². The van der Waals surface area contributed by atoms with E-state index in [2.05, 4.69) is 98.6 Å². The van der Waals surface area contributed by atoms with Crippen LogP contribution in [0.2, 0.25) is 109 Å². The van der Waals surface area contributed by atoms with E-state index in [-0.39, 0.29) is 0 Å². The van der Waals surface area contributed by atoms with Crippen LogP contribution >= 0.6 is 0 Å². The largest absolute Gasteiger partial charge is 0.455 e. The molecule has 0 saturated carbocycles. The first-order chi connectivity index (χ1) is 14.3. The number of hydrogen-bond acceptors (Lipinski definition) is 7. The molecular formula is C18H50O7Si8. The van der Waals surface area contributed by atoms with Gasteiger partial charge in [-0.05, 0) is 104 Å². The van der Waals surface area contributed by atoms with Gasteiger partial charge < -0.3 is 28.8 Å². The van der Waals surface area contributed by atoms with Crippen molar-refractivity contribution in [2.45, 2.75) is 116 Å². The summed E-state index contributed by atoms with van der Waals surface area (Å²) in [6.45, 7) is 33.4. The molecule has 0 aromatic carbocycles. The maximum absolute atomic E-state index is 7.13. The fraction of sp³-hybridized carbons (Fsp3) is 1.00. The highest BCUT2D eigenvalue weighted by Gasteiger charge is 2.60. The van der Waals surface area contributed by atoms with Crippen LogP contribution in [0, 0.1) is 0 Å². The van der Waals surface area contributed by atoms with Crippen molar-refractivity contribution in [1.82, 2.24) is 0 Å². The lowest BCUT2D eigenvalue weighted by Gasteiger charge is -2.53. The predicted molar refractivity (Wildman–Crippen MR) is 155 cm³/mol. The van der Waals surface area contributed by atoms with Crippen LogP contribution in [0.25, 0.3) is 0 Å². The Morgan fingerprint density at radius 1 is 0.606 bits per heavy atom. The van der Waals surface area contributed by atoms with Crippen LogP contribution in [0.3, 0.4) is 0 Å². The van der Waals surface area contributed by atoms with Gasteiger partial charge in [-0.3, -0.25) is 0 Å². The molecule has 1 atom stereocenters. The Balaban J connectivity index is 2.12. The summed E-state index contributed by atoms with van der Waals surface area (Å²) in [6, 6.07) is 2.01. The summed E-state index contributed by atoms with van der Waals surface area (Å²) in [5.41, 5.74) is 0. The lowest BCUT2D eigenvalue weighted by molar-refractivity contribution is 0.227. The van der Waals surface area contributed by atoms with Gasteiger partial charge in [0.1, 0.15) is 0 Å². The Kier molecular flexibility index (Phi) is 8.67. The second-order valence-corrected chi connectivity index (χ2v) is 44.3. The Labute approximate surface area is 212 Å². The molecule has 0 aromatic rings. The van der Waals surface area contributed by atoms with Crippen LogP contribution in [0.1, 0.15) is 6.92 Å². The summed E-state index contributed by atoms with van der Waals surface area (Å²) in [5, 5.41) is 0.306. The molecule has 2 heterocycles. The molecule has 196 valence electrons. The van der Waals surface area contributed by atoms with Crippen molar-refractivity contribution in [2.75, 3.05) is 0 Å². The quantitative estimate of drug-likeness (QED) is 0.312. The topological polar surface area (TPSA) is 64.6 Å². The van der Waals surface area contributed by atoms with E-state index in [1.54, 1.807) is 0 Å². The van der Waals surface area contributed by atoms with E-state index in [9.17, 15) is 0 Å². The zero-order chi connectivity index (χ0) is 25.9. The van der Waals surface area contributed by atoms with Gasteiger partial charge in [-0.2, -0.15) is 0 Å². The van der Waals surface area contributed by atoms with Crippen molar-refractivity contribution < 1.29 is 28.8 Å². The Morgan fingerprint density at radius 3 is 1.36 bits per heavy atom. The third-order valence-electron chi connectivity index (χ3n) is 6.35. The molecule has 0 amide bonds. The van der Waals surface area contributed by atoms with Gasteiger partial charge in [0.25, 0.3) is 0 Å². The van der Waals surface area contributed by atoms with E-state index in [1.165, 1.54) is 0 Å². The summed E-state index contributed by atoms with van der Waals surface area (Å²) < 4.78 is 46.1. The smallest absolute Gasteiger partial charge is 0.319 e. The van der Waals surface area contributed by atoms with E-state index in [0.29, 0.717) is 5.16 Å². The Morgan fingerprint density at radius 2 is 0.970 bits per heavy atom. The van der Waals surface area contributed by atoms with Gasteiger partial charge in [0.2, 0.25) is 0 Å². The fourth-order valence-corrected chi connectivity index (χ4v) is 54.4. The van der Waals surface area contributed by atoms with E-state index in [1.807, 2.05) is 0 Å². The highest BCUT2D eigenvalue weighted by Crippen LogP contribution is 2.43. The summed E-state index contributed by atoms with van der Waals surface area (Å²) >= 11 is 0. The molecule has 0 N–H and O–H groups in total. The number of hydrogen-bond donors (Lipinski definition) is 0. The molecule has 2 rings (SSSR count). The van der Waals surface area contributed by atoms with Crippen LogP contribution in [0.5, 0.6) is 0 Å². The van der Waals surface area contributed by atoms with Gasteiger partial charge in [0.15, 0.2) is 16.6 Å². The van der Waals surface area contributed by atoms with Gasteiger partial charge in [-0.1, -0.05) is 6.92 Å². The molecular weight excluding hydrogens is 553 g/mol. The molecule has 0 aliphatic carbocycles. The summed E-state index contributed by atoms with van der Waals surface area (Å²) in [5.74, 6) is 0. The average Bonchev–Trinajstić information content (AvgIpc) is 2.44. The minimum absolute atomic E-state index is 0.306. The maximum atomic E-state index is 7.13. The molecule has 2 fully saturated rings. The minimum Gasteiger partial charge on any atom is -0.455 e. The first kappa shape index (κ1) is 30.7. The molecule has 2 aliphatic heterocycles. The van der Waals surface area contributed by atoms with Crippen LogP contribution in [-0.2, 0) is 28.8 Å².